The van der Waals surface area contributed by atoms with Gasteiger partial charge in [0, 0.05) is 31.8 Å². The molecule has 0 aliphatic carbocycles. The third kappa shape index (κ3) is 2.33. The highest BCUT2D eigenvalue weighted by molar-refractivity contribution is 5.79. The van der Waals surface area contributed by atoms with E-state index in [4.69, 9.17) is 4.74 Å². The van der Waals surface area contributed by atoms with Gasteiger partial charge in [-0.3, -0.25) is 14.9 Å². The number of carbonyl (C=O) groups is 1. The molecule has 0 radical (unpaired) electrons. The Labute approximate surface area is 104 Å². The number of nitro benzene ring substituents is 1. The fourth-order valence-corrected chi connectivity index (χ4v) is 2.17. The fourth-order valence-electron chi connectivity index (χ4n) is 2.17. The van der Waals surface area contributed by atoms with Crippen LogP contribution in [0.2, 0.25) is 0 Å². The molecule has 6 heteroatoms. The molecule has 1 aliphatic rings. The van der Waals surface area contributed by atoms with Gasteiger partial charge in [-0.05, 0) is 18.6 Å². The number of nitrogens with zero attached hydrogens (tertiary/aromatic N) is 2. The van der Waals surface area contributed by atoms with Crippen LogP contribution < -0.4 is 4.90 Å². The van der Waals surface area contributed by atoms with Crippen molar-refractivity contribution in [3.63, 3.8) is 0 Å². The average Bonchev–Trinajstić information content (AvgIpc) is 2.86. The summed E-state index contributed by atoms with van der Waals surface area (Å²) < 4.78 is 5.24. The number of ether oxygens (including phenoxy) is 1. The lowest BCUT2D eigenvalue weighted by Gasteiger charge is -2.18. The Morgan fingerprint density at radius 1 is 1.56 bits per heavy atom. The maximum absolute atomic E-state index is 11.0. The molecule has 96 valence electrons. The van der Waals surface area contributed by atoms with E-state index < -0.39 is 4.92 Å². The highest BCUT2D eigenvalue weighted by atomic mass is 16.6. The molecule has 1 aliphatic heterocycles. The number of rotatable bonds is 4. The maximum Gasteiger partial charge on any atom is 0.293 e. The molecule has 0 saturated carbocycles. The number of hydrogen-bond donors (Lipinski definition) is 0. The van der Waals surface area contributed by atoms with Crippen LogP contribution >= 0.6 is 0 Å². The van der Waals surface area contributed by atoms with Gasteiger partial charge in [0.05, 0.1) is 11.0 Å². The summed E-state index contributed by atoms with van der Waals surface area (Å²) in [4.78, 5) is 23.1. The van der Waals surface area contributed by atoms with E-state index in [-0.39, 0.29) is 11.8 Å². The molecule has 1 heterocycles. The second-order valence-corrected chi connectivity index (χ2v) is 4.22. The van der Waals surface area contributed by atoms with E-state index in [9.17, 15) is 14.9 Å². The molecule has 1 aromatic carbocycles. The van der Waals surface area contributed by atoms with Gasteiger partial charge in [-0.15, -0.1) is 0 Å². The van der Waals surface area contributed by atoms with Crippen LogP contribution in [0.3, 0.4) is 0 Å². The SMILES string of the molecule is COC1CCN(c2ccc(C=O)cc2[N+](=O)[O-])C1. The first-order valence-electron chi connectivity index (χ1n) is 5.67. The third-order valence-electron chi connectivity index (χ3n) is 3.15. The summed E-state index contributed by atoms with van der Waals surface area (Å²) in [5.41, 5.74) is 0.828. The average molecular weight is 250 g/mol. The first kappa shape index (κ1) is 12.5. The monoisotopic (exact) mass is 250 g/mol. The molecule has 0 N–H and O–H groups in total. The third-order valence-corrected chi connectivity index (χ3v) is 3.15. The summed E-state index contributed by atoms with van der Waals surface area (Å²) in [7, 11) is 1.64. The molecule has 1 saturated heterocycles. The van der Waals surface area contributed by atoms with E-state index in [1.54, 1.807) is 19.2 Å². The Balaban J connectivity index is 2.32. The van der Waals surface area contributed by atoms with Gasteiger partial charge in [-0.2, -0.15) is 0 Å². The lowest BCUT2D eigenvalue weighted by molar-refractivity contribution is -0.384. The highest BCUT2D eigenvalue weighted by Gasteiger charge is 2.27. The predicted molar refractivity (Wildman–Crippen MR) is 66.1 cm³/mol. The summed E-state index contributed by atoms with van der Waals surface area (Å²) in [5, 5.41) is 11.0. The first-order chi connectivity index (χ1) is 8.65. The molecule has 0 aromatic heterocycles. The molecule has 1 aromatic rings. The molecule has 1 fully saturated rings. The molecule has 1 unspecified atom stereocenters. The van der Waals surface area contributed by atoms with Crippen molar-refractivity contribution >= 4 is 17.7 Å². The van der Waals surface area contributed by atoms with Gasteiger partial charge >= 0.3 is 0 Å². The molecule has 0 bridgehead atoms. The minimum atomic E-state index is -0.456. The van der Waals surface area contributed by atoms with Crippen molar-refractivity contribution in [1.82, 2.24) is 0 Å². The lowest BCUT2D eigenvalue weighted by Crippen LogP contribution is -2.23. The first-order valence-corrected chi connectivity index (χ1v) is 5.67. The molecule has 18 heavy (non-hydrogen) atoms. The van der Waals surface area contributed by atoms with E-state index in [1.807, 2.05) is 4.90 Å². The van der Waals surface area contributed by atoms with Crippen LogP contribution in [0.25, 0.3) is 0 Å². The number of anilines is 1. The fraction of sp³-hybridized carbons (Fsp3) is 0.417. The van der Waals surface area contributed by atoms with E-state index in [2.05, 4.69) is 0 Å². The maximum atomic E-state index is 11.0. The van der Waals surface area contributed by atoms with Crippen LogP contribution in [0, 0.1) is 10.1 Å². The number of hydrogen-bond acceptors (Lipinski definition) is 5. The number of methoxy groups -OCH3 is 1. The molecule has 2 rings (SSSR count). The van der Waals surface area contributed by atoms with Crippen LogP contribution in [0.4, 0.5) is 11.4 Å². The van der Waals surface area contributed by atoms with Gasteiger partial charge < -0.3 is 9.64 Å². The second-order valence-electron chi connectivity index (χ2n) is 4.22. The Morgan fingerprint density at radius 2 is 2.33 bits per heavy atom. The number of carbonyl (C=O) groups excluding carboxylic acids is 1. The standard InChI is InChI=1S/C12H14N2O4/c1-18-10-4-5-13(7-10)11-3-2-9(8-15)6-12(11)14(16)17/h2-3,6,8,10H,4-5,7H2,1H3. The molecule has 6 nitrogen and oxygen atoms in total. The van der Waals surface area contributed by atoms with Gasteiger partial charge in [-0.1, -0.05) is 0 Å². The number of aldehydes is 1. The topological polar surface area (TPSA) is 72.7 Å². The number of benzene rings is 1. The Morgan fingerprint density at radius 3 is 2.89 bits per heavy atom. The molecule has 0 spiro atoms. The zero-order chi connectivity index (χ0) is 13.1. The van der Waals surface area contributed by atoms with Crippen molar-refractivity contribution in [3.05, 3.63) is 33.9 Å². The summed E-state index contributed by atoms with van der Waals surface area (Å²) in [6.07, 6.45) is 1.57. The summed E-state index contributed by atoms with van der Waals surface area (Å²) in [5.74, 6) is 0. The Kier molecular flexibility index (Phi) is 3.57. The van der Waals surface area contributed by atoms with Crippen molar-refractivity contribution in [1.29, 1.82) is 0 Å². The van der Waals surface area contributed by atoms with Crippen LogP contribution in [-0.4, -0.2) is 37.5 Å². The predicted octanol–water partition coefficient (Wildman–Crippen LogP) is 1.63. The van der Waals surface area contributed by atoms with Gasteiger partial charge in [0.2, 0.25) is 0 Å². The second kappa shape index (κ2) is 5.14. The summed E-state index contributed by atoms with van der Waals surface area (Å²) in [6.45, 7) is 1.36. The molecular formula is C12H14N2O4. The van der Waals surface area contributed by atoms with Crippen LogP contribution in [0.15, 0.2) is 18.2 Å². The summed E-state index contributed by atoms with van der Waals surface area (Å²) >= 11 is 0. The van der Waals surface area contributed by atoms with E-state index >= 15 is 0 Å². The Hall–Kier alpha value is -1.95. The van der Waals surface area contributed by atoms with Gasteiger partial charge in [-0.25, -0.2) is 0 Å². The van der Waals surface area contributed by atoms with E-state index in [1.165, 1.54) is 6.07 Å². The Bertz CT molecular complexity index is 475. The lowest BCUT2D eigenvalue weighted by atomic mass is 10.2. The normalized spacial score (nSPS) is 18.9. The molecular weight excluding hydrogens is 236 g/mol. The quantitative estimate of drug-likeness (QED) is 0.461. The van der Waals surface area contributed by atoms with Crippen molar-refractivity contribution in [2.75, 3.05) is 25.1 Å². The number of nitro groups is 1. The van der Waals surface area contributed by atoms with E-state index in [0.29, 0.717) is 24.1 Å². The van der Waals surface area contributed by atoms with Crippen LogP contribution in [0.1, 0.15) is 16.8 Å². The smallest absolute Gasteiger partial charge is 0.293 e. The zero-order valence-electron chi connectivity index (χ0n) is 10.0. The van der Waals surface area contributed by atoms with Crippen LogP contribution in [-0.2, 0) is 4.74 Å². The minimum absolute atomic E-state index is 0.0312. The molecule has 1 atom stereocenters. The van der Waals surface area contributed by atoms with Crippen molar-refractivity contribution in [2.24, 2.45) is 0 Å². The van der Waals surface area contributed by atoms with Gasteiger partial charge in [0.1, 0.15) is 12.0 Å². The van der Waals surface area contributed by atoms with Gasteiger partial charge in [0.15, 0.2) is 0 Å². The molecule has 0 amide bonds. The highest BCUT2D eigenvalue weighted by Crippen LogP contribution is 2.31. The van der Waals surface area contributed by atoms with Crippen molar-refractivity contribution in [2.45, 2.75) is 12.5 Å². The zero-order valence-corrected chi connectivity index (χ0v) is 10.0. The van der Waals surface area contributed by atoms with Crippen LogP contribution in [0.5, 0.6) is 0 Å². The minimum Gasteiger partial charge on any atom is -0.380 e. The van der Waals surface area contributed by atoms with Crippen molar-refractivity contribution < 1.29 is 14.5 Å². The largest absolute Gasteiger partial charge is 0.380 e. The van der Waals surface area contributed by atoms with Crippen molar-refractivity contribution in [3.8, 4) is 0 Å². The van der Waals surface area contributed by atoms with Gasteiger partial charge in [0.25, 0.3) is 5.69 Å². The van der Waals surface area contributed by atoms with E-state index in [0.717, 1.165) is 13.0 Å². The summed E-state index contributed by atoms with van der Waals surface area (Å²) in [6, 6.07) is 4.53.